The van der Waals surface area contributed by atoms with E-state index in [4.69, 9.17) is 23.2 Å². The van der Waals surface area contributed by atoms with Gasteiger partial charge in [-0.05, 0) is 38.4 Å². The minimum atomic E-state index is -0.670. The molecule has 2 N–H and O–H groups in total. The van der Waals surface area contributed by atoms with E-state index in [0.29, 0.717) is 11.7 Å². The van der Waals surface area contributed by atoms with E-state index in [0.717, 1.165) is 19.4 Å². The van der Waals surface area contributed by atoms with Crippen LogP contribution < -0.4 is 10.6 Å². The van der Waals surface area contributed by atoms with Crippen LogP contribution in [-0.4, -0.2) is 18.5 Å². The number of piperidine rings is 1. The van der Waals surface area contributed by atoms with E-state index in [1.165, 1.54) is 12.1 Å². The molecular weight excluding hydrogens is 290 g/mol. The number of hydrogen-bond donors (Lipinski definition) is 2. The molecule has 1 aromatic carbocycles. The van der Waals surface area contributed by atoms with Crippen LogP contribution in [0.2, 0.25) is 10.0 Å². The first-order chi connectivity index (χ1) is 8.97. The lowest BCUT2D eigenvalue weighted by atomic mass is 9.92. The number of hydrogen-bond acceptors (Lipinski definition) is 2. The van der Waals surface area contributed by atoms with Crippen LogP contribution in [0, 0.1) is 11.7 Å². The summed E-state index contributed by atoms with van der Waals surface area (Å²) in [6.45, 7) is 2.87. The normalized spacial score (nSPS) is 23.2. The van der Waals surface area contributed by atoms with Gasteiger partial charge in [0.2, 0.25) is 5.91 Å². The third-order valence-electron chi connectivity index (χ3n) is 3.25. The Hall–Kier alpha value is -0.840. The van der Waals surface area contributed by atoms with E-state index in [2.05, 4.69) is 10.6 Å². The fourth-order valence-corrected chi connectivity index (χ4v) is 2.73. The monoisotopic (exact) mass is 304 g/mol. The largest absolute Gasteiger partial charge is 0.326 e. The van der Waals surface area contributed by atoms with Gasteiger partial charge in [0.25, 0.3) is 0 Å². The molecule has 0 radical (unpaired) electrons. The van der Waals surface area contributed by atoms with Crippen LogP contribution in [0.4, 0.5) is 10.1 Å². The second-order valence-electron chi connectivity index (χ2n) is 4.82. The first-order valence-corrected chi connectivity index (χ1v) is 6.91. The molecule has 6 heteroatoms. The Labute approximate surface area is 121 Å². The standard InChI is InChI=1S/C13H15Cl2FN2O/c1-7-4-8(2-3-17-7)13(19)18-9-5-10(14)12(16)11(15)6-9/h5-8,17H,2-4H2,1H3,(H,18,19). The topological polar surface area (TPSA) is 41.1 Å². The summed E-state index contributed by atoms with van der Waals surface area (Å²) in [7, 11) is 0. The highest BCUT2D eigenvalue weighted by Gasteiger charge is 2.25. The number of rotatable bonds is 2. The maximum absolute atomic E-state index is 13.3. The van der Waals surface area contributed by atoms with Crippen molar-refractivity contribution in [3.63, 3.8) is 0 Å². The van der Waals surface area contributed by atoms with Crippen molar-refractivity contribution in [2.24, 2.45) is 5.92 Å². The van der Waals surface area contributed by atoms with E-state index < -0.39 is 5.82 Å². The van der Waals surface area contributed by atoms with Crippen LogP contribution >= 0.6 is 23.2 Å². The molecule has 1 amide bonds. The van der Waals surface area contributed by atoms with Crippen LogP contribution in [0.3, 0.4) is 0 Å². The van der Waals surface area contributed by atoms with Gasteiger partial charge in [-0.1, -0.05) is 23.2 Å². The number of nitrogens with one attached hydrogen (secondary N) is 2. The van der Waals surface area contributed by atoms with E-state index in [1.807, 2.05) is 6.92 Å². The summed E-state index contributed by atoms with van der Waals surface area (Å²) >= 11 is 11.4. The van der Waals surface area contributed by atoms with Crippen LogP contribution in [0.15, 0.2) is 12.1 Å². The van der Waals surface area contributed by atoms with Gasteiger partial charge in [-0.15, -0.1) is 0 Å². The molecule has 1 saturated heterocycles. The zero-order valence-electron chi connectivity index (χ0n) is 10.5. The summed E-state index contributed by atoms with van der Waals surface area (Å²) < 4.78 is 13.3. The van der Waals surface area contributed by atoms with Gasteiger partial charge < -0.3 is 10.6 Å². The Balaban J connectivity index is 2.06. The van der Waals surface area contributed by atoms with Gasteiger partial charge in [-0.2, -0.15) is 0 Å². The number of carbonyl (C=O) groups excluding carboxylic acids is 1. The molecule has 0 bridgehead atoms. The minimum absolute atomic E-state index is 0.0427. The lowest BCUT2D eigenvalue weighted by molar-refractivity contribution is -0.120. The predicted octanol–water partition coefficient (Wildman–Crippen LogP) is 3.46. The van der Waals surface area contributed by atoms with Crippen molar-refractivity contribution >= 4 is 34.8 Å². The summed E-state index contributed by atoms with van der Waals surface area (Å²) in [5.41, 5.74) is 0.424. The highest BCUT2D eigenvalue weighted by atomic mass is 35.5. The van der Waals surface area contributed by atoms with E-state index in [1.54, 1.807) is 0 Å². The van der Waals surface area contributed by atoms with Crippen molar-refractivity contribution in [3.8, 4) is 0 Å². The lowest BCUT2D eigenvalue weighted by Gasteiger charge is -2.27. The first kappa shape index (κ1) is 14.6. The molecule has 1 aliphatic heterocycles. The van der Waals surface area contributed by atoms with Gasteiger partial charge in [0.1, 0.15) is 0 Å². The Bertz CT molecular complexity index is 473. The highest BCUT2D eigenvalue weighted by molar-refractivity contribution is 6.35. The summed E-state index contributed by atoms with van der Waals surface area (Å²) in [5.74, 6) is -0.789. The third kappa shape index (κ3) is 3.59. The van der Waals surface area contributed by atoms with Gasteiger partial charge in [0, 0.05) is 17.6 Å². The lowest BCUT2D eigenvalue weighted by Crippen LogP contribution is -2.40. The first-order valence-electron chi connectivity index (χ1n) is 6.16. The molecule has 0 aromatic heterocycles. The average Bonchev–Trinajstić information content (AvgIpc) is 2.36. The van der Waals surface area contributed by atoms with Crippen molar-refractivity contribution < 1.29 is 9.18 Å². The summed E-state index contributed by atoms with van der Waals surface area (Å²) in [5, 5.41) is 5.83. The van der Waals surface area contributed by atoms with Crippen molar-refractivity contribution in [2.45, 2.75) is 25.8 Å². The molecule has 0 aliphatic carbocycles. The zero-order valence-corrected chi connectivity index (χ0v) is 12.0. The molecule has 104 valence electrons. The van der Waals surface area contributed by atoms with Crippen molar-refractivity contribution in [2.75, 3.05) is 11.9 Å². The van der Waals surface area contributed by atoms with Crippen molar-refractivity contribution in [1.29, 1.82) is 0 Å². The van der Waals surface area contributed by atoms with Gasteiger partial charge in [-0.3, -0.25) is 4.79 Å². The van der Waals surface area contributed by atoms with Crippen molar-refractivity contribution in [3.05, 3.63) is 28.0 Å². The molecule has 2 rings (SSSR count). The third-order valence-corrected chi connectivity index (χ3v) is 3.80. The van der Waals surface area contributed by atoms with E-state index in [9.17, 15) is 9.18 Å². The molecule has 19 heavy (non-hydrogen) atoms. The van der Waals surface area contributed by atoms with Crippen LogP contribution in [-0.2, 0) is 4.79 Å². The molecular formula is C13H15Cl2FN2O. The average molecular weight is 305 g/mol. The van der Waals surface area contributed by atoms with Gasteiger partial charge in [0.05, 0.1) is 10.0 Å². The Morgan fingerprint density at radius 3 is 2.63 bits per heavy atom. The molecule has 1 heterocycles. The predicted molar refractivity (Wildman–Crippen MR) is 75.2 cm³/mol. The maximum atomic E-state index is 13.3. The minimum Gasteiger partial charge on any atom is -0.326 e. The molecule has 1 aromatic rings. The fourth-order valence-electron chi connectivity index (χ4n) is 2.24. The fraction of sp³-hybridized carbons (Fsp3) is 0.462. The number of halogens is 3. The molecule has 2 unspecified atom stereocenters. The smallest absolute Gasteiger partial charge is 0.227 e. The van der Waals surface area contributed by atoms with E-state index >= 15 is 0 Å². The van der Waals surface area contributed by atoms with Gasteiger partial charge >= 0.3 is 0 Å². The highest BCUT2D eigenvalue weighted by Crippen LogP contribution is 2.28. The number of amides is 1. The Kier molecular flexibility index (Phi) is 4.66. The molecule has 1 aliphatic rings. The van der Waals surface area contributed by atoms with Crippen LogP contribution in [0.1, 0.15) is 19.8 Å². The molecule has 0 saturated carbocycles. The molecule has 3 nitrogen and oxygen atoms in total. The summed E-state index contributed by atoms with van der Waals surface area (Å²) in [6.07, 6.45) is 1.58. The zero-order chi connectivity index (χ0) is 14.0. The quantitative estimate of drug-likeness (QED) is 0.822. The van der Waals surface area contributed by atoms with Gasteiger partial charge in [-0.25, -0.2) is 4.39 Å². The number of anilines is 1. The second kappa shape index (κ2) is 6.07. The van der Waals surface area contributed by atoms with Crippen molar-refractivity contribution in [1.82, 2.24) is 5.32 Å². The summed E-state index contributed by atoms with van der Waals surface area (Å²) in [6, 6.07) is 3.06. The Morgan fingerprint density at radius 2 is 2.05 bits per heavy atom. The van der Waals surface area contributed by atoms with Crippen LogP contribution in [0.25, 0.3) is 0 Å². The van der Waals surface area contributed by atoms with Gasteiger partial charge in [0.15, 0.2) is 5.82 Å². The summed E-state index contributed by atoms with van der Waals surface area (Å²) in [4.78, 5) is 12.1. The molecule has 0 spiro atoms. The van der Waals surface area contributed by atoms with Crippen LogP contribution in [0.5, 0.6) is 0 Å². The molecule has 1 fully saturated rings. The Morgan fingerprint density at radius 1 is 1.42 bits per heavy atom. The number of carbonyl (C=O) groups is 1. The number of benzene rings is 1. The van der Waals surface area contributed by atoms with E-state index in [-0.39, 0.29) is 21.9 Å². The second-order valence-corrected chi connectivity index (χ2v) is 5.63. The maximum Gasteiger partial charge on any atom is 0.227 e. The SMILES string of the molecule is CC1CC(C(=O)Nc2cc(Cl)c(F)c(Cl)c2)CCN1. The molecule has 2 atom stereocenters.